The fourth-order valence-corrected chi connectivity index (χ4v) is 1.06. The van der Waals surface area contributed by atoms with Gasteiger partial charge in [0.15, 0.2) is 6.10 Å². The predicted molar refractivity (Wildman–Crippen MR) is 37.0 cm³/mol. The van der Waals surface area contributed by atoms with Gasteiger partial charge in [-0.15, -0.1) is 0 Å². The Labute approximate surface area is 65.1 Å². The van der Waals surface area contributed by atoms with Gasteiger partial charge in [0.25, 0.3) is 0 Å². The molecule has 0 spiro atoms. The summed E-state index contributed by atoms with van der Waals surface area (Å²) in [6, 6.07) is 0. The smallest absolute Gasteiger partial charge is 0.303 e. The number of esters is 1. The largest absolute Gasteiger partial charge is 0.457 e. The van der Waals surface area contributed by atoms with E-state index >= 15 is 0 Å². The van der Waals surface area contributed by atoms with E-state index in [1.165, 1.54) is 6.92 Å². The van der Waals surface area contributed by atoms with Gasteiger partial charge in [0, 0.05) is 6.92 Å². The average molecular weight is 160 g/mol. The molecule has 1 aliphatic heterocycles. The van der Waals surface area contributed by atoms with Gasteiger partial charge in [-0.2, -0.15) is 0 Å². The first kappa shape index (κ1) is 8.49. The fourth-order valence-electron chi connectivity index (χ4n) is 1.06. The molecule has 4 heteroatoms. The van der Waals surface area contributed by atoms with E-state index in [0.29, 0.717) is 6.61 Å². The van der Waals surface area contributed by atoms with Crippen LogP contribution in [0.25, 0.3) is 0 Å². The lowest BCUT2D eigenvalue weighted by Gasteiger charge is -2.13. The van der Waals surface area contributed by atoms with Crippen molar-refractivity contribution in [1.29, 1.82) is 0 Å². The van der Waals surface area contributed by atoms with E-state index < -0.39 is 12.2 Å². The summed E-state index contributed by atoms with van der Waals surface area (Å²) < 4.78 is 9.83. The lowest BCUT2D eigenvalue weighted by Crippen LogP contribution is -2.31. The zero-order valence-electron chi connectivity index (χ0n) is 6.61. The summed E-state index contributed by atoms with van der Waals surface area (Å²) in [6.07, 6.45) is -1.40. The van der Waals surface area contributed by atoms with Crippen LogP contribution in [-0.2, 0) is 14.3 Å². The first-order valence-electron chi connectivity index (χ1n) is 3.58. The zero-order chi connectivity index (χ0) is 8.43. The zero-order valence-corrected chi connectivity index (χ0v) is 6.61. The van der Waals surface area contributed by atoms with Crippen LogP contribution in [0.1, 0.15) is 13.8 Å². The fraction of sp³-hybridized carbons (Fsp3) is 0.857. The van der Waals surface area contributed by atoms with Gasteiger partial charge in [-0.1, -0.05) is 0 Å². The van der Waals surface area contributed by atoms with Gasteiger partial charge in [0.1, 0.15) is 6.10 Å². The minimum Gasteiger partial charge on any atom is -0.457 e. The van der Waals surface area contributed by atoms with Gasteiger partial charge in [0.05, 0.1) is 12.7 Å². The molecular formula is C7H12O4. The molecule has 2 unspecified atom stereocenters. The third-order valence-corrected chi connectivity index (χ3v) is 1.70. The standard InChI is InChI=1S/C7H12O4/c1-4-7(9)6(3-10-4)11-5(2)8/h4,6-7,9H,3H2,1-2H3/t4?,6-,7?/m1/s1. The monoisotopic (exact) mass is 160 g/mol. The summed E-state index contributed by atoms with van der Waals surface area (Å²) in [5.41, 5.74) is 0. The maximum atomic E-state index is 10.5. The van der Waals surface area contributed by atoms with Gasteiger partial charge in [-0.25, -0.2) is 0 Å². The van der Waals surface area contributed by atoms with E-state index in [0.717, 1.165) is 0 Å². The first-order chi connectivity index (χ1) is 5.11. The lowest BCUT2D eigenvalue weighted by atomic mass is 10.2. The van der Waals surface area contributed by atoms with Gasteiger partial charge in [-0.3, -0.25) is 4.79 Å². The molecule has 0 aromatic carbocycles. The minimum atomic E-state index is -0.682. The van der Waals surface area contributed by atoms with Crippen molar-refractivity contribution in [1.82, 2.24) is 0 Å². The van der Waals surface area contributed by atoms with Gasteiger partial charge < -0.3 is 14.6 Å². The van der Waals surface area contributed by atoms with Crippen molar-refractivity contribution < 1.29 is 19.4 Å². The van der Waals surface area contributed by atoms with Crippen molar-refractivity contribution in [3.05, 3.63) is 0 Å². The third kappa shape index (κ3) is 1.91. The second kappa shape index (κ2) is 3.19. The number of aliphatic hydroxyl groups excluding tert-OH is 1. The van der Waals surface area contributed by atoms with E-state index in [1.54, 1.807) is 6.92 Å². The van der Waals surface area contributed by atoms with Crippen molar-refractivity contribution in [3.63, 3.8) is 0 Å². The average Bonchev–Trinajstić information content (AvgIpc) is 2.18. The molecule has 0 aliphatic carbocycles. The van der Waals surface area contributed by atoms with Crippen LogP contribution < -0.4 is 0 Å². The molecular weight excluding hydrogens is 148 g/mol. The lowest BCUT2D eigenvalue weighted by molar-refractivity contribution is -0.150. The number of carbonyl (C=O) groups is 1. The Morgan fingerprint density at radius 1 is 1.73 bits per heavy atom. The molecule has 0 aromatic heterocycles. The number of hydrogen-bond acceptors (Lipinski definition) is 4. The summed E-state index contributed by atoms with van der Waals surface area (Å²) in [6.45, 7) is 3.35. The van der Waals surface area contributed by atoms with Crippen molar-refractivity contribution in [2.24, 2.45) is 0 Å². The molecule has 1 fully saturated rings. The first-order valence-corrected chi connectivity index (χ1v) is 3.58. The number of ether oxygens (including phenoxy) is 2. The van der Waals surface area contributed by atoms with Crippen LogP contribution in [-0.4, -0.2) is 36.0 Å². The molecule has 3 atom stereocenters. The summed E-state index contributed by atoms with van der Waals surface area (Å²) in [7, 11) is 0. The van der Waals surface area contributed by atoms with Crippen molar-refractivity contribution in [2.45, 2.75) is 32.2 Å². The number of hydrogen-bond donors (Lipinski definition) is 1. The summed E-state index contributed by atoms with van der Waals surface area (Å²) in [4.78, 5) is 10.5. The molecule has 1 aliphatic rings. The van der Waals surface area contributed by atoms with Crippen LogP contribution in [0, 0.1) is 0 Å². The highest BCUT2D eigenvalue weighted by molar-refractivity contribution is 5.66. The van der Waals surface area contributed by atoms with E-state index in [-0.39, 0.29) is 12.1 Å². The van der Waals surface area contributed by atoms with E-state index in [2.05, 4.69) is 0 Å². The molecule has 1 N–H and O–H groups in total. The predicted octanol–water partition coefficient (Wildman–Crippen LogP) is -0.302. The quantitative estimate of drug-likeness (QED) is 0.535. The molecule has 1 rings (SSSR count). The SMILES string of the molecule is CC(=O)O[C@@H]1COC(C)C1O. The van der Waals surface area contributed by atoms with Crippen LogP contribution in [0.4, 0.5) is 0 Å². The molecule has 0 bridgehead atoms. The van der Waals surface area contributed by atoms with E-state index in [9.17, 15) is 9.90 Å². The number of aliphatic hydroxyl groups is 1. The van der Waals surface area contributed by atoms with Crippen LogP contribution >= 0.6 is 0 Å². The summed E-state index contributed by atoms with van der Waals surface area (Å²) >= 11 is 0. The Bertz CT molecular complexity index is 157. The minimum absolute atomic E-state index is 0.237. The Morgan fingerprint density at radius 2 is 2.36 bits per heavy atom. The highest BCUT2D eigenvalue weighted by Gasteiger charge is 2.34. The van der Waals surface area contributed by atoms with Crippen LogP contribution in [0.5, 0.6) is 0 Å². The molecule has 64 valence electrons. The van der Waals surface area contributed by atoms with Crippen LogP contribution in [0.2, 0.25) is 0 Å². The van der Waals surface area contributed by atoms with Crippen molar-refractivity contribution >= 4 is 5.97 Å². The Kier molecular flexibility index (Phi) is 2.46. The maximum absolute atomic E-state index is 10.5. The molecule has 11 heavy (non-hydrogen) atoms. The van der Waals surface area contributed by atoms with E-state index in [1.807, 2.05) is 0 Å². The topological polar surface area (TPSA) is 55.8 Å². The second-order valence-electron chi connectivity index (χ2n) is 2.68. The Balaban J connectivity index is 2.42. The highest BCUT2D eigenvalue weighted by Crippen LogP contribution is 2.16. The van der Waals surface area contributed by atoms with Crippen LogP contribution in [0.3, 0.4) is 0 Å². The van der Waals surface area contributed by atoms with Gasteiger partial charge in [-0.05, 0) is 6.92 Å². The van der Waals surface area contributed by atoms with E-state index in [4.69, 9.17) is 9.47 Å². The summed E-state index contributed by atoms with van der Waals surface area (Å²) in [5, 5.41) is 9.30. The molecule has 0 saturated carbocycles. The molecule has 1 saturated heterocycles. The Morgan fingerprint density at radius 3 is 2.73 bits per heavy atom. The third-order valence-electron chi connectivity index (χ3n) is 1.70. The molecule has 0 radical (unpaired) electrons. The normalized spacial score (nSPS) is 37.2. The van der Waals surface area contributed by atoms with Gasteiger partial charge in [0.2, 0.25) is 0 Å². The molecule has 0 amide bonds. The van der Waals surface area contributed by atoms with Crippen molar-refractivity contribution in [2.75, 3.05) is 6.61 Å². The highest BCUT2D eigenvalue weighted by atomic mass is 16.6. The molecule has 4 nitrogen and oxygen atoms in total. The molecule has 0 aromatic rings. The maximum Gasteiger partial charge on any atom is 0.303 e. The number of carbonyl (C=O) groups excluding carboxylic acids is 1. The van der Waals surface area contributed by atoms with Crippen molar-refractivity contribution in [3.8, 4) is 0 Å². The van der Waals surface area contributed by atoms with Crippen LogP contribution in [0.15, 0.2) is 0 Å². The Hall–Kier alpha value is -0.610. The van der Waals surface area contributed by atoms with Gasteiger partial charge >= 0.3 is 5.97 Å². The molecule has 1 heterocycles. The number of rotatable bonds is 1. The second-order valence-corrected chi connectivity index (χ2v) is 2.68. The summed E-state index contributed by atoms with van der Waals surface area (Å²) in [5.74, 6) is -0.383.